The van der Waals surface area contributed by atoms with Gasteiger partial charge in [0.2, 0.25) is 0 Å². The highest BCUT2D eigenvalue weighted by atomic mass is 16.6. The van der Waals surface area contributed by atoms with Gasteiger partial charge in [0.25, 0.3) is 0 Å². The zero-order valence-corrected chi connectivity index (χ0v) is 42.7. The van der Waals surface area contributed by atoms with Gasteiger partial charge in [0.15, 0.2) is 6.10 Å². The van der Waals surface area contributed by atoms with Crippen molar-refractivity contribution < 1.29 is 28.6 Å². The lowest BCUT2D eigenvalue weighted by molar-refractivity contribution is -0.166. The fourth-order valence-electron chi connectivity index (χ4n) is 7.00. The van der Waals surface area contributed by atoms with E-state index in [0.29, 0.717) is 19.3 Å². The average molecular weight is 915 g/mol. The summed E-state index contributed by atoms with van der Waals surface area (Å²) in [6.07, 6.45) is 72.3. The maximum atomic E-state index is 12.8. The molecule has 1 unspecified atom stereocenters. The first kappa shape index (κ1) is 62.1. The number of rotatable bonds is 47. The smallest absolute Gasteiger partial charge is 0.306 e. The molecule has 0 aromatic rings. The van der Waals surface area contributed by atoms with Crippen LogP contribution in [-0.2, 0) is 28.6 Å². The number of carbonyl (C=O) groups is 3. The van der Waals surface area contributed by atoms with Gasteiger partial charge in [0, 0.05) is 19.3 Å². The second-order valence-electron chi connectivity index (χ2n) is 17.5. The molecule has 1 atom stereocenters. The van der Waals surface area contributed by atoms with Crippen molar-refractivity contribution in [2.75, 3.05) is 13.2 Å². The number of hydrogen-bond donors (Lipinski definition) is 0. The standard InChI is InChI=1S/C60H98O6/c1-4-7-10-13-16-19-22-25-28-31-34-37-40-43-46-49-52-58(61)64-55-57(66-60(63)54-51-48-45-42-39-36-33-30-27-24-21-18-15-12-9-6-3)56-65-59(62)53-50-47-44-41-38-35-32-29-26-23-20-17-14-11-8-5-2/h7,10,16,19,25,28-30,32-39,43,46,57H,4-6,8-9,11-15,17-18,20-24,26-27,31,40-42,44-45,47-56H2,1-3H3/b10-7-,19-16-,28-25-,32-29-,33-30-,37-34-,38-35-,39-36-,46-43-. The van der Waals surface area contributed by atoms with Crippen LogP contribution in [0.1, 0.15) is 233 Å². The molecular formula is C60H98O6. The van der Waals surface area contributed by atoms with Gasteiger partial charge in [-0.2, -0.15) is 0 Å². The molecule has 0 amide bonds. The van der Waals surface area contributed by atoms with Crippen molar-refractivity contribution in [2.24, 2.45) is 0 Å². The van der Waals surface area contributed by atoms with Crippen LogP contribution < -0.4 is 0 Å². The number of esters is 3. The Hall–Kier alpha value is -3.93. The van der Waals surface area contributed by atoms with Gasteiger partial charge < -0.3 is 14.2 Å². The number of hydrogen-bond acceptors (Lipinski definition) is 6. The molecule has 0 aliphatic rings. The van der Waals surface area contributed by atoms with Crippen LogP contribution in [0.25, 0.3) is 0 Å². The Morgan fingerprint density at radius 3 is 1.08 bits per heavy atom. The van der Waals surface area contributed by atoms with Crippen molar-refractivity contribution in [3.05, 3.63) is 109 Å². The van der Waals surface area contributed by atoms with E-state index in [4.69, 9.17) is 14.2 Å². The molecule has 0 saturated heterocycles. The van der Waals surface area contributed by atoms with E-state index in [9.17, 15) is 14.4 Å². The van der Waals surface area contributed by atoms with Gasteiger partial charge in [-0.15, -0.1) is 0 Å². The summed E-state index contributed by atoms with van der Waals surface area (Å²) in [5.41, 5.74) is 0. The second kappa shape index (κ2) is 53.7. The van der Waals surface area contributed by atoms with E-state index in [0.717, 1.165) is 89.9 Å². The van der Waals surface area contributed by atoms with Crippen molar-refractivity contribution in [1.82, 2.24) is 0 Å². The van der Waals surface area contributed by atoms with E-state index in [1.54, 1.807) is 0 Å². The molecule has 0 aliphatic heterocycles. The summed E-state index contributed by atoms with van der Waals surface area (Å²) in [5, 5.41) is 0. The zero-order valence-electron chi connectivity index (χ0n) is 42.7. The summed E-state index contributed by atoms with van der Waals surface area (Å²) in [5.74, 6) is -1.07. The highest BCUT2D eigenvalue weighted by Crippen LogP contribution is 2.12. The lowest BCUT2D eigenvalue weighted by Gasteiger charge is -2.18. The second-order valence-corrected chi connectivity index (χ2v) is 17.5. The fraction of sp³-hybridized carbons (Fsp3) is 0.650. The summed E-state index contributed by atoms with van der Waals surface area (Å²) >= 11 is 0. The number of carbonyl (C=O) groups excluding carboxylic acids is 3. The lowest BCUT2D eigenvalue weighted by Crippen LogP contribution is -2.30. The van der Waals surface area contributed by atoms with Crippen LogP contribution >= 0.6 is 0 Å². The van der Waals surface area contributed by atoms with Gasteiger partial charge >= 0.3 is 17.9 Å². The van der Waals surface area contributed by atoms with Crippen molar-refractivity contribution in [1.29, 1.82) is 0 Å². The van der Waals surface area contributed by atoms with Crippen molar-refractivity contribution in [3.8, 4) is 0 Å². The maximum absolute atomic E-state index is 12.8. The summed E-state index contributed by atoms with van der Waals surface area (Å²) < 4.78 is 16.7. The molecule has 0 heterocycles. The zero-order chi connectivity index (χ0) is 47.9. The molecule has 66 heavy (non-hydrogen) atoms. The monoisotopic (exact) mass is 915 g/mol. The molecule has 0 aromatic carbocycles. The number of unbranched alkanes of at least 4 members (excludes halogenated alkanes) is 20. The van der Waals surface area contributed by atoms with Gasteiger partial charge in [0.05, 0.1) is 0 Å². The molecule has 0 saturated carbocycles. The number of allylic oxidation sites excluding steroid dienone is 18. The van der Waals surface area contributed by atoms with E-state index in [1.165, 1.54) is 89.9 Å². The molecule has 0 rings (SSSR count). The maximum Gasteiger partial charge on any atom is 0.306 e. The predicted octanol–water partition coefficient (Wildman–Crippen LogP) is 17.9. The molecule has 0 fully saturated rings. The topological polar surface area (TPSA) is 78.9 Å². The molecular weight excluding hydrogens is 817 g/mol. The highest BCUT2D eigenvalue weighted by molar-refractivity contribution is 5.71. The van der Waals surface area contributed by atoms with E-state index in [1.807, 2.05) is 12.2 Å². The largest absolute Gasteiger partial charge is 0.462 e. The normalized spacial score (nSPS) is 13.0. The van der Waals surface area contributed by atoms with Crippen molar-refractivity contribution >= 4 is 17.9 Å². The van der Waals surface area contributed by atoms with E-state index < -0.39 is 6.10 Å². The molecule has 0 radical (unpaired) electrons. The third-order valence-electron chi connectivity index (χ3n) is 11.0. The minimum absolute atomic E-state index is 0.127. The molecule has 0 spiro atoms. The van der Waals surface area contributed by atoms with Gasteiger partial charge in [0.1, 0.15) is 13.2 Å². The van der Waals surface area contributed by atoms with E-state index in [-0.39, 0.29) is 44.0 Å². The number of ether oxygens (including phenoxy) is 3. The quantitative estimate of drug-likeness (QED) is 0.0199. The Balaban J connectivity index is 4.59. The van der Waals surface area contributed by atoms with Crippen LogP contribution in [0.5, 0.6) is 0 Å². The van der Waals surface area contributed by atoms with Crippen LogP contribution in [0, 0.1) is 0 Å². The molecule has 6 heteroatoms. The SMILES string of the molecule is CC/C=C\C/C=C\C/C=C\C/C=C\C/C=C\CCC(=O)OCC(COC(=O)CCCCC/C=C\C=C/CCCCCCCCC)OC(=O)CCCCC/C=C\C=C/CCCCCCCCC. The minimum atomic E-state index is -0.834. The fourth-order valence-corrected chi connectivity index (χ4v) is 7.00. The molecule has 374 valence electrons. The first-order valence-corrected chi connectivity index (χ1v) is 26.9. The third kappa shape index (κ3) is 51.1. The van der Waals surface area contributed by atoms with Gasteiger partial charge in [-0.05, 0) is 103 Å². The van der Waals surface area contributed by atoms with Gasteiger partial charge in [-0.1, -0.05) is 220 Å². The minimum Gasteiger partial charge on any atom is -0.462 e. The summed E-state index contributed by atoms with van der Waals surface area (Å²) in [6, 6.07) is 0. The van der Waals surface area contributed by atoms with Gasteiger partial charge in [-0.3, -0.25) is 14.4 Å². The first-order chi connectivity index (χ1) is 32.5. The summed E-state index contributed by atoms with van der Waals surface area (Å²) in [6.45, 7) is 6.39. The van der Waals surface area contributed by atoms with Crippen LogP contribution in [0.2, 0.25) is 0 Å². The van der Waals surface area contributed by atoms with Crippen molar-refractivity contribution in [3.63, 3.8) is 0 Å². The molecule has 0 bridgehead atoms. The summed E-state index contributed by atoms with van der Waals surface area (Å²) in [7, 11) is 0. The Morgan fingerprint density at radius 1 is 0.333 bits per heavy atom. The highest BCUT2D eigenvalue weighted by Gasteiger charge is 2.19. The van der Waals surface area contributed by atoms with Gasteiger partial charge in [-0.25, -0.2) is 0 Å². The molecule has 0 aromatic heterocycles. The lowest BCUT2D eigenvalue weighted by atomic mass is 10.1. The molecule has 6 nitrogen and oxygen atoms in total. The summed E-state index contributed by atoms with van der Waals surface area (Å²) in [4.78, 5) is 38.0. The average Bonchev–Trinajstić information content (AvgIpc) is 3.31. The van der Waals surface area contributed by atoms with Crippen LogP contribution in [0.3, 0.4) is 0 Å². The van der Waals surface area contributed by atoms with E-state index >= 15 is 0 Å². The first-order valence-electron chi connectivity index (χ1n) is 26.9. The van der Waals surface area contributed by atoms with Crippen LogP contribution in [-0.4, -0.2) is 37.2 Å². The Morgan fingerprint density at radius 2 is 0.667 bits per heavy atom. The predicted molar refractivity (Wildman–Crippen MR) is 283 cm³/mol. The molecule has 0 aliphatic carbocycles. The third-order valence-corrected chi connectivity index (χ3v) is 11.0. The Bertz CT molecular complexity index is 1370. The van der Waals surface area contributed by atoms with Crippen molar-refractivity contribution in [2.45, 2.75) is 239 Å². The van der Waals surface area contributed by atoms with E-state index in [2.05, 4.69) is 118 Å². The Labute approximate surface area is 406 Å². The Kier molecular flexibility index (Phi) is 50.5. The molecule has 0 N–H and O–H groups in total. The van der Waals surface area contributed by atoms with Crippen LogP contribution in [0.15, 0.2) is 109 Å². The van der Waals surface area contributed by atoms with Crippen LogP contribution in [0.4, 0.5) is 0 Å².